The number of aromatic nitrogens is 3. The van der Waals surface area contributed by atoms with E-state index in [1.807, 2.05) is 54.6 Å². The third-order valence-corrected chi connectivity index (χ3v) is 5.94. The number of amides is 1. The van der Waals surface area contributed by atoms with Crippen LogP contribution in [0.1, 0.15) is 10.4 Å². The van der Waals surface area contributed by atoms with Crippen LogP contribution in [-0.2, 0) is 4.74 Å². The van der Waals surface area contributed by atoms with Gasteiger partial charge in [-0.15, -0.1) is 5.10 Å². The highest BCUT2D eigenvalue weighted by atomic mass is 35.5. The van der Waals surface area contributed by atoms with Crippen LogP contribution in [-0.4, -0.2) is 64.8 Å². The maximum atomic E-state index is 12.5. The number of hydrogen-bond donors (Lipinski definition) is 2. The molecule has 0 atom stereocenters. The van der Waals surface area contributed by atoms with Crippen molar-refractivity contribution in [3.63, 3.8) is 0 Å². The first-order chi connectivity index (χ1) is 16.7. The van der Waals surface area contributed by atoms with Gasteiger partial charge in [0.25, 0.3) is 5.91 Å². The molecule has 8 nitrogen and oxygen atoms in total. The van der Waals surface area contributed by atoms with Crippen LogP contribution >= 0.6 is 11.6 Å². The Balaban J connectivity index is 1.23. The van der Waals surface area contributed by atoms with Gasteiger partial charge in [-0.3, -0.25) is 9.69 Å². The molecule has 0 saturated carbocycles. The van der Waals surface area contributed by atoms with E-state index in [4.69, 9.17) is 16.3 Å². The van der Waals surface area contributed by atoms with Crippen molar-refractivity contribution in [3.05, 3.63) is 77.3 Å². The van der Waals surface area contributed by atoms with E-state index < -0.39 is 0 Å². The lowest BCUT2D eigenvalue weighted by molar-refractivity contribution is 0.0383. The number of halogens is 1. The summed E-state index contributed by atoms with van der Waals surface area (Å²) in [5.41, 5.74) is 3.98. The van der Waals surface area contributed by atoms with Gasteiger partial charge in [-0.2, -0.15) is 4.98 Å². The molecule has 1 amide bonds. The monoisotopic (exact) mass is 476 g/mol. The third-order valence-electron chi connectivity index (χ3n) is 5.70. The number of nitrogens with one attached hydrogen (secondary N) is 2. The fourth-order valence-corrected chi connectivity index (χ4v) is 4.10. The maximum absolute atomic E-state index is 12.5. The fourth-order valence-electron chi connectivity index (χ4n) is 3.91. The van der Waals surface area contributed by atoms with Crippen LogP contribution in [0.3, 0.4) is 0 Å². The molecule has 0 spiro atoms. The Morgan fingerprint density at radius 3 is 2.62 bits per heavy atom. The maximum Gasteiger partial charge on any atom is 0.251 e. The number of carbonyl (C=O) groups is 1. The number of nitrogens with zero attached hydrogens (tertiary/aromatic N) is 4. The number of carbonyl (C=O) groups excluding carboxylic acids is 1. The zero-order chi connectivity index (χ0) is 23.3. The van der Waals surface area contributed by atoms with Crippen molar-refractivity contribution < 1.29 is 9.53 Å². The van der Waals surface area contributed by atoms with Crippen molar-refractivity contribution in [3.8, 4) is 11.3 Å². The van der Waals surface area contributed by atoms with E-state index in [-0.39, 0.29) is 5.91 Å². The number of benzene rings is 2. The average Bonchev–Trinajstić information content (AvgIpc) is 3.27. The lowest BCUT2D eigenvalue weighted by atomic mass is 10.1. The zero-order valence-electron chi connectivity index (χ0n) is 18.6. The van der Waals surface area contributed by atoms with Gasteiger partial charge in [0.15, 0.2) is 5.65 Å². The molecule has 5 rings (SSSR count). The lowest BCUT2D eigenvalue weighted by Crippen LogP contribution is -2.41. The zero-order valence-corrected chi connectivity index (χ0v) is 19.3. The molecule has 1 saturated heterocycles. The van der Waals surface area contributed by atoms with E-state index in [0.717, 1.165) is 55.4 Å². The van der Waals surface area contributed by atoms with Gasteiger partial charge in [-0.1, -0.05) is 29.8 Å². The van der Waals surface area contributed by atoms with Crippen LogP contribution in [0, 0.1) is 0 Å². The summed E-state index contributed by atoms with van der Waals surface area (Å²) < 4.78 is 7.13. The summed E-state index contributed by atoms with van der Waals surface area (Å²) in [6.07, 6.45) is 0. The minimum absolute atomic E-state index is 0.0863. The normalized spacial score (nSPS) is 14.3. The first-order valence-electron chi connectivity index (χ1n) is 11.2. The summed E-state index contributed by atoms with van der Waals surface area (Å²) in [4.78, 5) is 19.3. The molecule has 34 heavy (non-hydrogen) atoms. The minimum atomic E-state index is -0.0863. The van der Waals surface area contributed by atoms with Gasteiger partial charge >= 0.3 is 0 Å². The third kappa shape index (κ3) is 5.20. The molecular weight excluding hydrogens is 452 g/mol. The molecule has 0 aliphatic carbocycles. The van der Waals surface area contributed by atoms with Crippen molar-refractivity contribution in [2.45, 2.75) is 0 Å². The van der Waals surface area contributed by atoms with E-state index in [0.29, 0.717) is 23.1 Å². The van der Waals surface area contributed by atoms with Crippen LogP contribution in [0.15, 0.2) is 66.7 Å². The van der Waals surface area contributed by atoms with E-state index in [1.54, 1.807) is 16.6 Å². The molecule has 4 aromatic rings. The molecule has 9 heteroatoms. The average molecular weight is 477 g/mol. The highest BCUT2D eigenvalue weighted by Crippen LogP contribution is 2.24. The Labute approximate surface area is 202 Å². The Kier molecular flexibility index (Phi) is 6.71. The van der Waals surface area contributed by atoms with Crippen molar-refractivity contribution >= 4 is 34.8 Å². The minimum Gasteiger partial charge on any atom is -0.379 e. The number of rotatable bonds is 7. The summed E-state index contributed by atoms with van der Waals surface area (Å²) in [5, 5.41) is 11.5. The molecular formula is C25H25ClN6O2. The number of anilines is 2. The molecule has 2 N–H and O–H groups in total. The molecule has 2 aromatic heterocycles. The highest BCUT2D eigenvalue weighted by Gasteiger charge is 2.12. The largest absolute Gasteiger partial charge is 0.379 e. The number of pyridine rings is 1. The summed E-state index contributed by atoms with van der Waals surface area (Å²) in [5.74, 6) is 0.383. The Hall–Kier alpha value is -3.46. The predicted octanol–water partition coefficient (Wildman–Crippen LogP) is 3.86. The van der Waals surface area contributed by atoms with Gasteiger partial charge in [-0.05, 0) is 48.5 Å². The SMILES string of the molecule is O=C(NCCN1CCOCC1)c1ccc(Nc2nc3cccc(-c4cccc(Cl)c4)n3n2)cc1. The van der Waals surface area contributed by atoms with Crippen molar-refractivity contribution in [1.29, 1.82) is 0 Å². The van der Waals surface area contributed by atoms with Gasteiger partial charge in [-0.25, -0.2) is 4.52 Å². The summed E-state index contributed by atoms with van der Waals surface area (Å²) in [7, 11) is 0. The van der Waals surface area contributed by atoms with E-state index in [9.17, 15) is 4.79 Å². The number of fused-ring (bicyclic) bond motifs is 1. The number of ether oxygens (including phenoxy) is 1. The van der Waals surface area contributed by atoms with Crippen LogP contribution in [0.4, 0.5) is 11.6 Å². The second kappa shape index (κ2) is 10.2. The van der Waals surface area contributed by atoms with Crippen LogP contribution in [0.5, 0.6) is 0 Å². The van der Waals surface area contributed by atoms with E-state index in [2.05, 4.69) is 25.6 Å². The van der Waals surface area contributed by atoms with Crippen LogP contribution in [0.2, 0.25) is 5.02 Å². The van der Waals surface area contributed by atoms with E-state index >= 15 is 0 Å². The van der Waals surface area contributed by atoms with E-state index in [1.165, 1.54) is 0 Å². The molecule has 3 heterocycles. The van der Waals surface area contributed by atoms with Gasteiger partial charge < -0.3 is 15.4 Å². The molecule has 2 aromatic carbocycles. The number of hydrogen-bond acceptors (Lipinski definition) is 6. The molecule has 0 bridgehead atoms. The summed E-state index contributed by atoms with van der Waals surface area (Å²) in [6.45, 7) is 4.77. The molecule has 1 aliphatic heterocycles. The first kappa shape index (κ1) is 22.3. The fraction of sp³-hybridized carbons (Fsp3) is 0.240. The van der Waals surface area contributed by atoms with Crippen molar-refractivity contribution in [2.24, 2.45) is 0 Å². The molecule has 174 valence electrons. The molecule has 1 fully saturated rings. The standard InChI is InChI=1S/C25H25ClN6O2/c26-20-4-1-3-19(17-20)22-5-2-6-23-29-25(30-32(22)23)28-21-9-7-18(8-10-21)24(33)27-11-12-31-13-15-34-16-14-31/h1-10,17H,11-16H2,(H,27,33)(H,28,30). The van der Waals surface area contributed by atoms with Crippen LogP contribution < -0.4 is 10.6 Å². The van der Waals surface area contributed by atoms with Crippen molar-refractivity contribution in [2.75, 3.05) is 44.7 Å². The second-order valence-electron chi connectivity index (χ2n) is 8.04. The molecule has 0 unspecified atom stereocenters. The highest BCUT2D eigenvalue weighted by molar-refractivity contribution is 6.30. The second-order valence-corrected chi connectivity index (χ2v) is 8.48. The molecule has 0 radical (unpaired) electrons. The first-order valence-corrected chi connectivity index (χ1v) is 11.6. The predicted molar refractivity (Wildman–Crippen MR) is 133 cm³/mol. The smallest absolute Gasteiger partial charge is 0.251 e. The van der Waals surface area contributed by atoms with Gasteiger partial charge in [0.1, 0.15) is 0 Å². The lowest BCUT2D eigenvalue weighted by Gasteiger charge is -2.26. The van der Waals surface area contributed by atoms with Gasteiger partial charge in [0, 0.05) is 48.0 Å². The molecule has 1 aliphatic rings. The summed E-state index contributed by atoms with van der Waals surface area (Å²) in [6, 6.07) is 20.7. The Bertz CT molecular complexity index is 1280. The van der Waals surface area contributed by atoms with Crippen molar-refractivity contribution in [1.82, 2.24) is 24.8 Å². The number of morpholine rings is 1. The van der Waals surface area contributed by atoms with Gasteiger partial charge in [0.2, 0.25) is 5.95 Å². The van der Waals surface area contributed by atoms with Gasteiger partial charge in [0.05, 0.1) is 18.9 Å². The summed E-state index contributed by atoms with van der Waals surface area (Å²) >= 11 is 6.16. The topological polar surface area (TPSA) is 83.8 Å². The Morgan fingerprint density at radius 2 is 1.82 bits per heavy atom. The van der Waals surface area contributed by atoms with Crippen LogP contribution in [0.25, 0.3) is 16.9 Å². The quantitative estimate of drug-likeness (QED) is 0.421. The Morgan fingerprint density at radius 1 is 1.03 bits per heavy atom.